The normalized spacial score (nSPS) is 11.5. The lowest BCUT2D eigenvalue weighted by Crippen LogP contribution is -2.13. The quantitative estimate of drug-likeness (QED) is 0.579. The molecule has 6 nitrogen and oxygen atoms in total. The molecule has 0 aliphatic rings. The molecule has 2 aromatic heterocycles. The van der Waals surface area contributed by atoms with Crippen LogP contribution in [-0.2, 0) is 6.18 Å². The van der Waals surface area contributed by atoms with Crippen molar-refractivity contribution in [3.63, 3.8) is 0 Å². The summed E-state index contributed by atoms with van der Waals surface area (Å²) in [6.07, 6.45) is -2.96. The average molecular weight is 383 g/mol. The highest BCUT2D eigenvalue weighted by Gasteiger charge is 2.30. The Bertz CT molecular complexity index is 1150. The van der Waals surface area contributed by atoms with E-state index in [4.69, 9.17) is 0 Å². The van der Waals surface area contributed by atoms with E-state index in [2.05, 4.69) is 20.6 Å². The molecule has 0 unspecified atom stereocenters. The number of fused-ring (bicyclic) bond motifs is 1. The summed E-state index contributed by atoms with van der Waals surface area (Å²) in [5.41, 5.74) is 1.83. The van der Waals surface area contributed by atoms with Crippen LogP contribution in [0.25, 0.3) is 16.9 Å². The summed E-state index contributed by atoms with van der Waals surface area (Å²) < 4.78 is 39.4. The first kappa shape index (κ1) is 17.7. The second kappa shape index (κ2) is 6.76. The fourth-order valence-electron chi connectivity index (χ4n) is 2.65. The molecule has 4 aromatic rings. The van der Waals surface area contributed by atoms with E-state index in [1.165, 1.54) is 10.8 Å². The lowest BCUT2D eigenvalue weighted by molar-refractivity contribution is -0.137. The number of hydrogen-bond acceptors (Lipinski definition) is 4. The number of carbonyl (C=O) groups is 1. The van der Waals surface area contributed by atoms with Crippen LogP contribution in [0.15, 0.2) is 67.0 Å². The Morgan fingerprint density at radius 3 is 2.54 bits per heavy atom. The van der Waals surface area contributed by atoms with Gasteiger partial charge >= 0.3 is 6.18 Å². The third-order valence-corrected chi connectivity index (χ3v) is 4.05. The highest BCUT2D eigenvalue weighted by molar-refractivity contribution is 6.04. The Morgan fingerprint density at radius 1 is 1.00 bits per heavy atom. The van der Waals surface area contributed by atoms with Gasteiger partial charge in [0.15, 0.2) is 5.65 Å². The summed E-state index contributed by atoms with van der Waals surface area (Å²) in [6.45, 7) is 0. The van der Waals surface area contributed by atoms with Gasteiger partial charge in [-0.3, -0.25) is 4.79 Å². The van der Waals surface area contributed by atoms with Gasteiger partial charge in [-0.2, -0.15) is 22.8 Å². The average Bonchev–Trinajstić information content (AvgIpc) is 3.15. The zero-order valence-electron chi connectivity index (χ0n) is 14.2. The Balaban J connectivity index is 1.55. The summed E-state index contributed by atoms with van der Waals surface area (Å²) >= 11 is 0. The molecule has 0 aliphatic heterocycles. The van der Waals surface area contributed by atoms with Crippen molar-refractivity contribution >= 4 is 17.2 Å². The molecule has 0 radical (unpaired) electrons. The van der Waals surface area contributed by atoms with Gasteiger partial charge in [-0.15, -0.1) is 10.2 Å². The zero-order valence-corrected chi connectivity index (χ0v) is 14.2. The molecule has 0 spiro atoms. The van der Waals surface area contributed by atoms with E-state index in [0.717, 1.165) is 29.8 Å². The maximum absolute atomic E-state index is 12.6. The van der Waals surface area contributed by atoms with Crippen molar-refractivity contribution in [1.29, 1.82) is 0 Å². The number of alkyl halides is 3. The predicted molar refractivity (Wildman–Crippen MR) is 95.6 cm³/mol. The number of aromatic nitrogens is 4. The first-order valence-corrected chi connectivity index (χ1v) is 8.16. The topological polar surface area (TPSA) is 72.2 Å². The van der Waals surface area contributed by atoms with Crippen molar-refractivity contribution in [3.8, 4) is 11.3 Å². The fourth-order valence-corrected chi connectivity index (χ4v) is 2.65. The van der Waals surface area contributed by atoms with Crippen molar-refractivity contribution in [2.75, 3.05) is 5.32 Å². The maximum atomic E-state index is 12.6. The fraction of sp³-hybridized carbons (Fsp3) is 0.0526. The molecule has 2 heterocycles. The highest BCUT2D eigenvalue weighted by atomic mass is 19.4. The van der Waals surface area contributed by atoms with Gasteiger partial charge < -0.3 is 5.32 Å². The van der Waals surface area contributed by atoms with Crippen LogP contribution in [0.3, 0.4) is 0 Å². The van der Waals surface area contributed by atoms with Gasteiger partial charge in [0.2, 0.25) is 0 Å². The zero-order chi connectivity index (χ0) is 19.7. The van der Waals surface area contributed by atoms with Crippen LogP contribution in [-0.4, -0.2) is 25.7 Å². The molecule has 4 rings (SSSR count). The Hall–Kier alpha value is -3.75. The number of nitrogens with one attached hydrogen (secondary N) is 1. The van der Waals surface area contributed by atoms with Crippen molar-refractivity contribution in [1.82, 2.24) is 19.8 Å². The van der Waals surface area contributed by atoms with Crippen LogP contribution in [0.4, 0.5) is 18.9 Å². The number of amides is 1. The standard InChI is InChI=1S/C19H12F3N5O/c20-19(21,22)14-6-4-12(5-7-14)18(28)24-15-3-1-2-13(10-15)16-8-9-17-25-23-11-27(17)26-16/h1-11H,(H,24,28). The Kier molecular flexibility index (Phi) is 4.26. The van der Waals surface area contributed by atoms with Crippen molar-refractivity contribution < 1.29 is 18.0 Å². The number of nitrogens with zero attached hydrogens (tertiary/aromatic N) is 4. The number of anilines is 1. The second-order valence-corrected chi connectivity index (χ2v) is 5.96. The Morgan fingerprint density at radius 2 is 1.79 bits per heavy atom. The molecule has 0 aliphatic carbocycles. The molecule has 0 fully saturated rings. The Labute approximate surface area is 156 Å². The van der Waals surface area contributed by atoms with E-state index >= 15 is 0 Å². The van der Waals surface area contributed by atoms with Crippen LogP contribution in [0, 0.1) is 0 Å². The lowest BCUT2D eigenvalue weighted by atomic mass is 10.1. The highest BCUT2D eigenvalue weighted by Crippen LogP contribution is 2.29. The van der Waals surface area contributed by atoms with Gasteiger partial charge in [-0.25, -0.2) is 0 Å². The molecule has 0 bridgehead atoms. The van der Waals surface area contributed by atoms with Gasteiger partial charge in [0.05, 0.1) is 11.3 Å². The van der Waals surface area contributed by atoms with Crippen LogP contribution < -0.4 is 5.32 Å². The number of halogens is 3. The van der Waals surface area contributed by atoms with Gasteiger partial charge in [-0.1, -0.05) is 12.1 Å². The summed E-state index contributed by atoms with van der Waals surface area (Å²) in [5.74, 6) is -0.506. The summed E-state index contributed by atoms with van der Waals surface area (Å²) in [4.78, 5) is 12.3. The lowest BCUT2D eigenvalue weighted by Gasteiger charge is -2.09. The van der Waals surface area contributed by atoms with Gasteiger partial charge in [-0.05, 0) is 48.5 Å². The summed E-state index contributed by atoms with van der Waals surface area (Å²) in [6, 6.07) is 14.6. The van der Waals surface area contributed by atoms with Crippen molar-refractivity contribution in [3.05, 3.63) is 78.1 Å². The van der Waals surface area contributed by atoms with E-state index in [1.807, 2.05) is 6.07 Å². The van der Waals surface area contributed by atoms with Gasteiger partial charge in [0, 0.05) is 16.8 Å². The SMILES string of the molecule is O=C(Nc1cccc(-c2ccc3nncn3n2)c1)c1ccc(C(F)(F)F)cc1. The molecular weight excluding hydrogens is 371 g/mol. The first-order chi connectivity index (χ1) is 13.4. The van der Waals surface area contributed by atoms with Gasteiger partial charge in [0.25, 0.3) is 5.91 Å². The third-order valence-electron chi connectivity index (χ3n) is 4.05. The number of benzene rings is 2. The largest absolute Gasteiger partial charge is 0.416 e. The first-order valence-electron chi connectivity index (χ1n) is 8.16. The van der Waals surface area contributed by atoms with E-state index in [0.29, 0.717) is 17.0 Å². The molecule has 1 amide bonds. The molecule has 9 heteroatoms. The number of rotatable bonds is 3. The van der Waals surface area contributed by atoms with E-state index in [1.54, 1.807) is 30.3 Å². The molecule has 0 saturated heterocycles. The van der Waals surface area contributed by atoms with Crippen LogP contribution in [0.1, 0.15) is 15.9 Å². The summed E-state index contributed by atoms with van der Waals surface area (Å²) in [5, 5.41) is 14.7. The van der Waals surface area contributed by atoms with Crippen LogP contribution >= 0.6 is 0 Å². The molecule has 0 atom stereocenters. The van der Waals surface area contributed by atoms with Crippen molar-refractivity contribution in [2.24, 2.45) is 0 Å². The molecule has 1 N–H and O–H groups in total. The maximum Gasteiger partial charge on any atom is 0.416 e. The van der Waals surface area contributed by atoms with Crippen molar-refractivity contribution in [2.45, 2.75) is 6.18 Å². The van der Waals surface area contributed by atoms with Gasteiger partial charge in [0.1, 0.15) is 6.33 Å². The predicted octanol–water partition coefficient (Wildman–Crippen LogP) is 4.06. The minimum atomic E-state index is -4.44. The molecule has 2 aromatic carbocycles. The van der Waals surface area contributed by atoms with Crippen LogP contribution in [0.2, 0.25) is 0 Å². The molecule has 140 valence electrons. The van der Waals surface area contributed by atoms with E-state index in [9.17, 15) is 18.0 Å². The monoisotopic (exact) mass is 383 g/mol. The summed E-state index contributed by atoms with van der Waals surface area (Å²) in [7, 11) is 0. The molecular formula is C19H12F3N5O. The minimum absolute atomic E-state index is 0.127. The molecule has 0 saturated carbocycles. The van der Waals surface area contributed by atoms with Crippen LogP contribution in [0.5, 0.6) is 0 Å². The number of carbonyl (C=O) groups excluding carboxylic acids is 1. The van der Waals surface area contributed by atoms with E-state index < -0.39 is 17.6 Å². The number of hydrogen-bond donors (Lipinski definition) is 1. The smallest absolute Gasteiger partial charge is 0.322 e. The van der Waals surface area contributed by atoms with E-state index in [-0.39, 0.29) is 5.56 Å². The second-order valence-electron chi connectivity index (χ2n) is 5.96. The third kappa shape index (κ3) is 3.54. The molecule has 28 heavy (non-hydrogen) atoms. The minimum Gasteiger partial charge on any atom is -0.322 e.